The van der Waals surface area contributed by atoms with Crippen molar-refractivity contribution in [3.05, 3.63) is 45.5 Å². The van der Waals surface area contributed by atoms with Gasteiger partial charge in [-0.1, -0.05) is 32.9 Å². The Morgan fingerprint density at radius 2 is 1.88 bits per heavy atom. The van der Waals surface area contributed by atoms with Crippen LogP contribution >= 0.6 is 11.3 Å². The van der Waals surface area contributed by atoms with Gasteiger partial charge in [-0.3, -0.25) is 4.79 Å². The number of aromatic nitrogens is 1. The van der Waals surface area contributed by atoms with Crippen molar-refractivity contribution in [1.29, 1.82) is 0 Å². The first-order valence-electron chi connectivity index (χ1n) is 8.23. The van der Waals surface area contributed by atoms with E-state index in [1.807, 2.05) is 6.92 Å². The smallest absolute Gasteiger partial charge is 0.246 e. The highest BCUT2D eigenvalue weighted by Crippen LogP contribution is 2.27. The summed E-state index contributed by atoms with van der Waals surface area (Å²) >= 11 is 1.33. The molecule has 1 aromatic carbocycles. The quantitative estimate of drug-likeness (QED) is 0.645. The first-order chi connectivity index (χ1) is 11.6. The van der Waals surface area contributed by atoms with Crippen molar-refractivity contribution in [2.45, 2.75) is 53.4 Å². The number of hydrogen-bond donors (Lipinski definition) is 2. The molecule has 2 aromatic rings. The molecule has 6 heteroatoms. The predicted molar refractivity (Wildman–Crippen MR) is 105 cm³/mol. The van der Waals surface area contributed by atoms with Crippen LogP contribution in [0.5, 0.6) is 0 Å². The lowest BCUT2D eigenvalue weighted by Crippen LogP contribution is -2.22. The highest BCUT2D eigenvalue weighted by atomic mass is 32.1. The first-order valence-corrected chi connectivity index (χ1v) is 9.11. The van der Waals surface area contributed by atoms with Gasteiger partial charge in [-0.15, -0.1) is 11.3 Å². The number of nitrogens with two attached hydrogens (primary N) is 1. The minimum Gasteiger partial charge on any atom is -0.375 e. The van der Waals surface area contributed by atoms with E-state index in [4.69, 9.17) is 5.73 Å². The van der Waals surface area contributed by atoms with Crippen LogP contribution in [0.4, 0.5) is 5.13 Å². The van der Waals surface area contributed by atoms with Crippen LogP contribution < -0.4 is 11.2 Å². The molecule has 0 atom stereocenters. The van der Waals surface area contributed by atoms with Crippen molar-refractivity contribution in [3.63, 3.8) is 0 Å². The highest BCUT2D eigenvalue weighted by Gasteiger charge is 2.17. The number of nitrogens with zero attached hydrogens (tertiary/aromatic N) is 2. The number of hydrazone groups is 1. The van der Waals surface area contributed by atoms with Crippen molar-refractivity contribution in [2.75, 3.05) is 5.73 Å². The number of nitrogens with one attached hydrogen (secondary N) is 1. The summed E-state index contributed by atoms with van der Waals surface area (Å²) in [6.45, 7) is 12.7. The van der Waals surface area contributed by atoms with Gasteiger partial charge >= 0.3 is 0 Å². The van der Waals surface area contributed by atoms with E-state index < -0.39 is 0 Å². The SMILES string of the molecule is CC(=NNC(=O)Cc1csc(N)n1)c1c(C)cc(C(C)(C)C)cc1C. The molecule has 0 saturated heterocycles. The number of anilines is 1. The average Bonchev–Trinajstić information content (AvgIpc) is 2.88. The summed E-state index contributed by atoms with van der Waals surface area (Å²) in [5.74, 6) is -0.203. The predicted octanol–water partition coefficient (Wildman–Crippen LogP) is 3.72. The van der Waals surface area contributed by atoms with Crippen LogP contribution in [0.25, 0.3) is 0 Å². The Morgan fingerprint density at radius 3 is 2.36 bits per heavy atom. The van der Waals surface area contributed by atoms with E-state index in [1.54, 1.807) is 5.38 Å². The number of rotatable bonds is 4. The molecule has 0 spiro atoms. The van der Waals surface area contributed by atoms with E-state index in [9.17, 15) is 4.79 Å². The highest BCUT2D eigenvalue weighted by molar-refractivity contribution is 7.13. The largest absolute Gasteiger partial charge is 0.375 e. The van der Waals surface area contributed by atoms with Gasteiger partial charge in [0.05, 0.1) is 17.8 Å². The normalized spacial score (nSPS) is 12.3. The zero-order chi connectivity index (χ0) is 18.8. The fourth-order valence-corrected chi connectivity index (χ4v) is 3.34. The van der Waals surface area contributed by atoms with Gasteiger partial charge in [0.15, 0.2) is 5.13 Å². The van der Waals surface area contributed by atoms with Crippen molar-refractivity contribution >= 4 is 28.1 Å². The lowest BCUT2D eigenvalue weighted by atomic mass is 9.83. The molecule has 1 aromatic heterocycles. The fraction of sp³-hybridized carbons (Fsp3) is 0.421. The molecular formula is C19H26N4OS. The molecule has 0 unspecified atom stereocenters. The van der Waals surface area contributed by atoms with Gasteiger partial charge in [0.1, 0.15) is 0 Å². The summed E-state index contributed by atoms with van der Waals surface area (Å²) in [6.07, 6.45) is 0.172. The topological polar surface area (TPSA) is 80.4 Å². The summed E-state index contributed by atoms with van der Waals surface area (Å²) in [5, 5.41) is 6.52. The number of aryl methyl sites for hydroxylation is 2. The second kappa shape index (κ2) is 7.35. The molecule has 0 saturated carbocycles. The van der Waals surface area contributed by atoms with E-state index >= 15 is 0 Å². The molecule has 3 N–H and O–H groups in total. The van der Waals surface area contributed by atoms with Crippen LogP contribution in [0.1, 0.15) is 55.6 Å². The lowest BCUT2D eigenvalue weighted by molar-refractivity contribution is -0.120. The minimum atomic E-state index is -0.203. The van der Waals surface area contributed by atoms with Gasteiger partial charge in [-0.2, -0.15) is 5.10 Å². The van der Waals surface area contributed by atoms with E-state index in [1.165, 1.54) is 16.9 Å². The summed E-state index contributed by atoms with van der Waals surface area (Å²) in [4.78, 5) is 16.1. The number of thiazole rings is 1. The van der Waals surface area contributed by atoms with Gasteiger partial charge in [-0.05, 0) is 42.9 Å². The first kappa shape index (κ1) is 19.1. The zero-order valence-electron chi connectivity index (χ0n) is 15.7. The third-order valence-corrected chi connectivity index (χ3v) is 4.74. The van der Waals surface area contributed by atoms with Crippen molar-refractivity contribution in [1.82, 2.24) is 10.4 Å². The van der Waals surface area contributed by atoms with Gasteiger partial charge in [0, 0.05) is 10.9 Å². The molecule has 2 rings (SSSR count). The van der Waals surface area contributed by atoms with Crippen LogP contribution in [-0.4, -0.2) is 16.6 Å². The summed E-state index contributed by atoms with van der Waals surface area (Å²) in [5.41, 5.74) is 14.4. The van der Waals surface area contributed by atoms with Gasteiger partial charge in [0.25, 0.3) is 0 Å². The molecule has 0 aliphatic rings. The Balaban J connectivity index is 2.15. The Hall–Kier alpha value is -2.21. The molecule has 25 heavy (non-hydrogen) atoms. The number of hydrogen-bond acceptors (Lipinski definition) is 5. The van der Waals surface area contributed by atoms with Crippen LogP contribution in [-0.2, 0) is 16.6 Å². The third kappa shape index (κ3) is 4.89. The molecule has 0 aliphatic carbocycles. The second-order valence-electron chi connectivity index (χ2n) is 7.32. The van der Waals surface area contributed by atoms with Gasteiger partial charge < -0.3 is 5.73 Å². The maximum Gasteiger partial charge on any atom is 0.246 e. The molecule has 0 aliphatic heterocycles. The van der Waals surface area contributed by atoms with E-state index in [0.717, 1.165) is 22.4 Å². The fourth-order valence-electron chi connectivity index (χ4n) is 2.78. The van der Waals surface area contributed by atoms with Crippen LogP contribution in [0.2, 0.25) is 0 Å². The van der Waals surface area contributed by atoms with Crippen LogP contribution in [0.15, 0.2) is 22.6 Å². The van der Waals surface area contributed by atoms with E-state index in [0.29, 0.717) is 10.8 Å². The monoisotopic (exact) mass is 358 g/mol. The molecule has 0 radical (unpaired) electrons. The summed E-state index contributed by atoms with van der Waals surface area (Å²) in [6, 6.07) is 4.39. The Kier molecular flexibility index (Phi) is 5.62. The number of nitrogen functional groups attached to an aromatic ring is 1. The number of carbonyl (C=O) groups is 1. The minimum absolute atomic E-state index is 0.0999. The number of amides is 1. The van der Waals surface area contributed by atoms with E-state index in [-0.39, 0.29) is 17.7 Å². The van der Waals surface area contributed by atoms with Crippen LogP contribution in [0, 0.1) is 13.8 Å². The number of carbonyl (C=O) groups excluding carboxylic acids is 1. The van der Waals surface area contributed by atoms with Crippen LogP contribution in [0.3, 0.4) is 0 Å². The number of benzene rings is 1. The maximum atomic E-state index is 12.0. The molecular weight excluding hydrogens is 332 g/mol. The molecule has 0 bridgehead atoms. The molecule has 0 fully saturated rings. The lowest BCUT2D eigenvalue weighted by Gasteiger charge is -2.22. The van der Waals surface area contributed by atoms with Crippen molar-refractivity contribution < 1.29 is 4.79 Å². The van der Waals surface area contributed by atoms with Crippen molar-refractivity contribution in [3.8, 4) is 0 Å². The summed E-state index contributed by atoms with van der Waals surface area (Å²) in [7, 11) is 0. The Labute approximate surface area is 153 Å². The zero-order valence-corrected chi connectivity index (χ0v) is 16.5. The summed E-state index contributed by atoms with van der Waals surface area (Å²) < 4.78 is 0. The molecule has 1 heterocycles. The van der Waals surface area contributed by atoms with Gasteiger partial charge in [0.2, 0.25) is 5.91 Å². The maximum absolute atomic E-state index is 12.0. The Bertz CT molecular complexity index is 792. The van der Waals surface area contributed by atoms with Crippen molar-refractivity contribution in [2.24, 2.45) is 5.10 Å². The molecule has 1 amide bonds. The average molecular weight is 359 g/mol. The Morgan fingerprint density at radius 1 is 1.28 bits per heavy atom. The third-order valence-electron chi connectivity index (χ3n) is 4.02. The molecule has 134 valence electrons. The second-order valence-corrected chi connectivity index (χ2v) is 8.21. The molecule has 5 nitrogen and oxygen atoms in total. The standard InChI is InChI=1S/C19H26N4OS/c1-11-7-14(19(4,5)6)8-12(2)17(11)13(3)22-23-16(24)9-15-10-25-18(20)21-15/h7-8,10H,9H2,1-6H3,(H2,20,21)(H,23,24). The van der Waals surface area contributed by atoms with E-state index in [2.05, 4.69) is 62.3 Å². The van der Waals surface area contributed by atoms with Gasteiger partial charge in [-0.25, -0.2) is 10.4 Å².